The van der Waals surface area contributed by atoms with Gasteiger partial charge >= 0.3 is 6.03 Å². The average Bonchev–Trinajstić information content (AvgIpc) is 3.38. The van der Waals surface area contributed by atoms with Crippen LogP contribution < -0.4 is 20.1 Å². The second-order valence-electron chi connectivity index (χ2n) is 10.5. The first-order chi connectivity index (χ1) is 17.7. The van der Waals surface area contributed by atoms with Crippen LogP contribution in [0.5, 0.6) is 11.5 Å². The Kier molecular flexibility index (Phi) is 10.0. The van der Waals surface area contributed by atoms with E-state index in [1.54, 1.807) is 20.4 Å². The van der Waals surface area contributed by atoms with Crippen molar-refractivity contribution in [3.05, 3.63) is 71.5 Å². The van der Waals surface area contributed by atoms with Gasteiger partial charge in [-0.1, -0.05) is 65.2 Å². The highest BCUT2D eigenvalue weighted by Gasteiger charge is 2.21. The van der Waals surface area contributed by atoms with Crippen molar-refractivity contribution in [3.8, 4) is 11.5 Å². The summed E-state index contributed by atoms with van der Waals surface area (Å²) in [6.45, 7) is 9.80. The molecule has 0 saturated carbocycles. The Bertz CT molecular complexity index is 1140. The summed E-state index contributed by atoms with van der Waals surface area (Å²) in [7, 11) is 3.32. The zero-order valence-corrected chi connectivity index (χ0v) is 23.1. The van der Waals surface area contributed by atoms with Gasteiger partial charge in [-0.2, -0.15) is 5.10 Å². The molecule has 3 rings (SSSR count). The molecule has 2 N–H and O–H groups in total. The number of hydrogen-bond acceptors (Lipinski definition) is 4. The predicted molar refractivity (Wildman–Crippen MR) is 150 cm³/mol. The number of nitrogens with zero attached hydrogens (tertiary/aromatic N) is 2. The van der Waals surface area contributed by atoms with Gasteiger partial charge in [-0.05, 0) is 46.7 Å². The minimum Gasteiger partial charge on any atom is -0.497 e. The van der Waals surface area contributed by atoms with E-state index in [1.807, 2.05) is 41.2 Å². The number of benzene rings is 2. The second-order valence-corrected chi connectivity index (χ2v) is 10.5. The van der Waals surface area contributed by atoms with Crippen molar-refractivity contribution in [2.45, 2.75) is 71.3 Å². The van der Waals surface area contributed by atoms with Gasteiger partial charge in [0.25, 0.3) is 0 Å². The lowest BCUT2D eigenvalue weighted by molar-refractivity contribution is 0.251. The van der Waals surface area contributed by atoms with E-state index in [-0.39, 0.29) is 17.4 Å². The molecule has 200 valence electrons. The Labute approximate surface area is 221 Å². The number of unbranched alkanes of at least 4 members (excludes halogenated alkanes) is 2. The number of carbonyl (C=O) groups excluding carboxylic acids is 1. The van der Waals surface area contributed by atoms with E-state index in [2.05, 4.69) is 55.6 Å². The molecule has 0 spiro atoms. The van der Waals surface area contributed by atoms with Crippen molar-refractivity contribution in [1.29, 1.82) is 0 Å². The number of aromatic nitrogens is 2. The van der Waals surface area contributed by atoms with Crippen LogP contribution in [0.3, 0.4) is 0 Å². The number of hydrogen-bond donors (Lipinski definition) is 2. The van der Waals surface area contributed by atoms with E-state index in [0.717, 1.165) is 59.6 Å². The third kappa shape index (κ3) is 8.00. The average molecular weight is 507 g/mol. The van der Waals surface area contributed by atoms with Gasteiger partial charge < -0.3 is 20.1 Å². The first kappa shape index (κ1) is 28.1. The summed E-state index contributed by atoms with van der Waals surface area (Å²) in [6, 6.07) is 13.8. The molecule has 2 aromatic carbocycles. The molecule has 7 nitrogen and oxygen atoms in total. The fraction of sp³-hybridized carbons (Fsp3) is 0.467. The Balaban J connectivity index is 1.76. The third-order valence-corrected chi connectivity index (χ3v) is 6.59. The number of carbonyl (C=O) groups is 1. The number of amides is 2. The Morgan fingerprint density at radius 3 is 2.54 bits per heavy atom. The number of rotatable bonds is 12. The molecule has 0 bridgehead atoms. The number of anilines is 1. The lowest BCUT2D eigenvalue weighted by Gasteiger charge is -2.25. The maximum atomic E-state index is 13.1. The third-order valence-electron chi connectivity index (χ3n) is 6.59. The molecule has 1 unspecified atom stereocenters. The lowest BCUT2D eigenvalue weighted by Crippen LogP contribution is -2.33. The van der Waals surface area contributed by atoms with E-state index in [0.29, 0.717) is 13.1 Å². The molecule has 0 aliphatic carbocycles. The standard InChI is InChI=1S/C30H42N4O3/c1-7-8-9-11-23(25-14-13-24(36-5)19-28(25)37-6)20-31-29(35)33-27-18-22(21-34-17-10-16-32-34)12-15-26(27)30(2,3)4/h10,12-19,23H,7-9,11,20-21H2,1-6H3,(H2,31,33,35). The largest absolute Gasteiger partial charge is 0.497 e. The van der Waals surface area contributed by atoms with Crippen molar-refractivity contribution in [2.24, 2.45) is 0 Å². The summed E-state index contributed by atoms with van der Waals surface area (Å²) in [6.07, 6.45) is 8.05. The topological polar surface area (TPSA) is 77.4 Å². The highest BCUT2D eigenvalue weighted by molar-refractivity contribution is 5.90. The van der Waals surface area contributed by atoms with Crippen LogP contribution in [0.25, 0.3) is 0 Å². The maximum Gasteiger partial charge on any atom is 0.319 e. The van der Waals surface area contributed by atoms with Gasteiger partial charge in [0.1, 0.15) is 11.5 Å². The van der Waals surface area contributed by atoms with E-state index in [9.17, 15) is 4.79 Å². The molecule has 0 aliphatic rings. The van der Waals surface area contributed by atoms with Crippen LogP contribution >= 0.6 is 0 Å². The molecule has 0 radical (unpaired) electrons. The summed E-state index contributed by atoms with van der Waals surface area (Å²) in [5.41, 5.74) is 3.94. The van der Waals surface area contributed by atoms with Gasteiger partial charge in [0.2, 0.25) is 0 Å². The molecule has 1 aromatic heterocycles. The number of nitrogens with one attached hydrogen (secondary N) is 2. The van der Waals surface area contributed by atoms with Crippen LogP contribution in [0.1, 0.15) is 76.0 Å². The first-order valence-electron chi connectivity index (χ1n) is 13.1. The Morgan fingerprint density at radius 1 is 1.08 bits per heavy atom. The van der Waals surface area contributed by atoms with E-state index < -0.39 is 0 Å². The summed E-state index contributed by atoms with van der Waals surface area (Å²) >= 11 is 0. The fourth-order valence-electron chi connectivity index (χ4n) is 4.57. The molecule has 0 aliphatic heterocycles. The number of urea groups is 1. The summed E-state index contributed by atoms with van der Waals surface area (Å²) in [4.78, 5) is 13.1. The predicted octanol–water partition coefficient (Wildman–Crippen LogP) is 6.73. The number of methoxy groups -OCH3 is 2. The second kappa shape index (κ2) is 13.2. The SMILES string of the molecule is CCCCCC(CNC(=O)Nc1cc(Cn2cccn2)ccc1C(C)(C)C)c1ccc(OC)cc1OC. The van der Waals surface area contributed by atoms with Crippen LogP contribution in [0.2, 0.25) is 0 Å². The van der Waals surface area contributed by atoms with Gasteiger partial charge in [0.15, 0.2) is 0 Å². The van der Waals surface area contributed by atoms with Crippen molar-refractivity contribution >= 4 is 11.7 Å². The van der Waals surface area contributed by atoms with E-state index in [4.69, 9.17) is 9.47 Å². The first-order valence-corrected chi connectivity index (χ1v) is 13.1. The van der Waals surface area contributed by atoms with Crippen molar-refractivity contribution in [1.82, 2.24) is 15.1 Å². The van der Waals surface area contributed by atoms with Crippen LogP contribution in [0.4, 0.5) is 10.5 Å². The molecule has 0 saturated heterocycles. The molecule has 1 heterocycles. The van der Waals surface area contributed by atoms with E-state index >= 15 is 0 Å². The summed E-state index contributed by atoms with van der Waals surface area (Å²) in [5.74, 6) is 1.67. The van der Waals surface area contributed by atoms with E-state index in [1.165, 1.54) is 0 Å². The van der Waals surface area contributed by atoms with Gasteiger partial charge in [0.05, 0.1) is 20.8 Å². The van der Waals surface area contributed by atoms with Gasteiger partial charge in [0, 0.05) is 36.6 Å². The van der Waals surface area contributed by atoms with Crippen LogP contribution in [-0.4, -0.2) is 36.6 Å². The molecule has 37 heavy (non-hydrogen) atoms. The quantitative estimate of drug-likeness (QED) is 0.267. The number of ether oxygens (including phenoxy) is 2. The van der Waals surface area contributed by atoms with Crippen LogP contribution in [0.15, 0.2) is 54.9 Å². The van der Waals surface area contributed by atoms with Crippen molar-refractivity contribution < 1.29 is 14.3 Å². The highest BCUT2D eigenvalue weighted by Crippen LogP contribution is 2.34. The van der Waals surface area contributed by atoms with Gasteiger partial charge in [-0.15, -0.1) is 0 Å². The Morgan fingerprint density at radius 2 is 1.89 bits per heavy atom. The highest BCUT2D eigenvalue weighted by atomic mass is 16.5. The molecule has 0 fully saturated rings. The minimum absolute atomic E-state index is 0.119. The van der Waals surface area contributed by atoms with Crippen molar-refractivity contribution in [3.63, 3.8) is 0 Å². The monoisotopic (exact) mass is 506 g/mol. The molecule has 3 aromatic rings. The Hall–Kier alpha value is -3.48. The molecule has 2 amide bonds. The summed E-state index contributed by atoms with van der Waals surface area (Å²) < 4.78 is 12.9. The van der Waals surface area contributed by atoms with Crippen LogP contribution in [0, 0.1) is 0 Å². The molecule has 1 atom stereocenters. The molecule has 7 heteroatoms. The fourth-order valence-corrected chi connectivity index (χ4v) is 4.57. The maximum absolute atomic E-state index is 13.1. The smallest absolute Gasteiger partial charge is 0.319 e. The zero-order valence-electron chi connectivity index (χ0n) is 23.1. The van der Waals surface area contributed by atoms with Crippen molar-refractivity contribution in [2.75, 3.05) is 26.1 Å². The van der Waals surface area contributed by atoms with Gasteiger partial charge in [-0.25, -0.2) is 4.79 Å². The minimum atomic E-state index is -0.213. The molecular formula is C30H42N4O3. The summed E-state index contributed by atoms with van der Waals surface area (Å²) in [5, 5.41) is 10.6. The normalized spacial score (nSPS) is 12.2. The molecular weight excluding hydrogens is 464 g/mol. The van der Waals surface area contributed by atoms with Crippen LogP contribution in [-0.2, 0) is 12.0 Å². The van der Waals surface area contributed by atoms with Gasteiger partial charge in [-0.3, -0.25) is 4.68 Å². The lowest BCUT2D eigenvalue weighted by atomic mass is 9.85. The zero-order chi connectivity index (χ0) is 26.8.